The van der Waals surface area contributed by atoms with Crippen LogP contribution >= 0.6 is 0 Å². The Morgan fingerprint density at radius 1 is 0.420 bits per heavy atom. The Morgan fingerprint density at radius 3 is 1.20 bits per heavy atom. The van der Waals surface area contributed by atoms with E-state index >= 15 is 0 Å². The van der Waals surface area contributed by atoms with Crippen LogP contribution in [0.25, 0.3) is 21.5 Å². The zero-order valence-electron chi connectivity index (χ0n) is 25.5. The number of nitrogens with one attached hydrogen (secondary N) is 4. The van der Waals surface area contributed by atoms with Gasteiger partial charge in [-0.2, -0.15) is 0 Å². The minimum atomic E-state index is -4.70. The van der Waals surface area contributed by atoms with Crippen LogP contribution in [0.2, 0.25) is 0 Å². The molecule has 0 spiro atoms. The largest absolute Gasteiger partial charge is 0.744 e. The van der Waals surface area contributed by atoms with Crippen LogP contribution in [0.3, 0.4) is 0 Å². The summed E-state index contributed by atoms with van der Waals surface area (Å²) in [5.41, 5.74) is 1.62. The van der Waals surface area contributed by atoms with Gasteiger partial charge in [0.25, 0.3) is 11.8 Å². The molecule has 0 aliphatic carbocycles. The lowest BCUT2D eigenvalue weighted by molar-refractivity contribution is 0.101. The zero-order chi connectivity index (χ0) is 35.6. The molecule has 4 N–H and O–H groups in total. The molecule has 50 heavy (non-hydrogen) atoms. The van der Waals surface area contributed by atoms with E-state index < -0.39 is 47.9 Å². The molecule has 0 saturated carbocycles. The second kappa shape index (κ2) is 13.4. The molecular formula is C35H24N4O9S2-2. The van der Waals surface area contributed by atoms with Crippen molar-refractivity contribution in [1.29, 1.82) is 0 Å². The highest BCUT2D eigenvalue weighted by molar-refractivity contribution is 7.86. The molecule has 6 aromatic carbocycles. The normalized spacial score (nSPS) is 11.6. The van der Waals surface area contributed by atoms with Crippen LogP contribution in [0.4, 0.5) is 27.5 Å². The molecule has 0 aliphatic heterocycles. The van der Waals surface area contributed by atoms with Gasteiger partial charge >= 0.3 is 6.03 Å². The summed E-state index contributed by atoms with van der Waals surface area (Å²) >= 11 is 0. The van der Waals surface area contributed by atoms with Crippen molar-refractivity contribution in [2.24, 2.45) is 0 Å². The zero-order valence-corrected chi connectivity index (χ0v) is 27.2. The Bertz CT molecular complexity index is 2400. The summed E-state index contributed by atoms with van der Waals surface area (Å²) in [5.74, 6) is -1.08. The lowest BCUT2D eigenvalue weighted by Crippen LogP contribution is -2.19. The summed E-state index contributed by atoms with van der Waals surface area (Å²) in [6.45, 7) is 0. The average molecular weight is 709 g/mol. The molecule has 6 aromatic rings. The van der Waals surface area contributed by atoms with Crippen LogP contribution in [0.5, 0.6) is 0 Å². The number of amides is 4. The fraction of sp³-hybridized carbons (Fsp3) is 0. The Kier molecular flexibility index (Phi) is 9.05. The van der Waals surface area contributed by atoms with Gasteiger partial charge in [-0.3, -0.25) is 9.59 Å². The van der Waals surface area contributed by atoms with Crippen LogP contribution in [-0.2, 0) is 20.2 Å². The number of carbonyl (C=O) groups is 3. The fourth-order valence-corrected chi connectivity index (χ4v) is 6.12. The standard InChI is InChI=1S/C35H26N4O9S2/c40-33(36-27-3-1-5-31(19-27)49(43,44)45)23-9-7-21-11-13-29(17-25(21)15-23)38-35(42)39-30-14-12-22-8-10-24(16-26(22)18-30)34(41)37-28-4-2-6-32(20-28)50(46,47)48/h1-20H,(H,36,40)(H,37,41)(H2,38,39,42)(H,43,44,45)(H,46,47,48)/p-2. The molecule has 6 rings (SSSR count). The lowest BCUT2D eigenvalue weighted by Gasteiger charge is -2.12. The van der Waals surface area contributed by atoms with E-state index in [-0.39, 0.29) is 22.5 Å². The monoisotopic (exact) mass is 708 g/mol. The maximum Gasteiger partial charge on any atom is 0.323 e. The predicted molar refractivity (Wildman–Crippen MR) is 185 cm³/mol. The molecule has 0 aliphatic rings. The number of hydrogen-bond acceptors (Lipinski definition) is 9. The highest BCUT2D eigenvalue weighted by Crippen LogP contribution is 2.25. The third-order valence-electron chi connectivity index (χ3n) is 7.48. The first kappa shape index (κ1) is 33.8. The van der Waals surface area contributed by atoms with Crippen LogP contribution in [-0.4, -0.2) is 43.8 Å². The predicted octanol–water partition coefficient (Wildman–Crippen LogP) is 5.95. The molecule has 0 heterocycles. The van der Waals surface area contributed by atoms with Crippen molar-refractivity contribution in [2.45, 2.75) is 9.79 Å². The minimum Gasteiger partial charge on any atom is -0.744 e. The van der Waals surface area contributed by atoms with Crippen LogP contribution in [0.15, 0.2) is 131 Å². The van der Waals surface area contributed by atoms with Crippen molar-refractivity contribution < 1.29 is 40.3 Å². The van der Waals surface area contributed by atoms with Crippen LogP contribution in [0.1, 0.15) is 20.7 Å². The quantitative estimate of drug-likeness (QED) is 0.137. The Morgan fingerprint density at radius 2 is 0.800 bits per heavy atom. The van der Waals surface area contributed by atoms with Crippen molar-refractivity contribution in [3.8, 4) is 0 Å². The Labute approximate surface area is 285 Å². The van der Waals surface area contributed by atoms with Gasteiger partial charge in [0.1, 0.15) is 20.2 Å². The van der Waals surface area contributed by atoms with Gasteiger partial charge in [0.15, 0.2) is 0 Å². The fourth-order valence-electron chi connectivity index (χ4n) is 5.09. The molecule has 0 unspecified atom stereocenters. The van der Waals surface area contributed by atoms with E-state index in [0.29, 0.717) is 22.1 Å². The van der Waals surface area contributed by atoms with Gasteiger partial charge in [0, 0.05) is 33.9 Å². The topological polar surface area (TPSA) is 214 Å². The maximum absolute atomic E-state index is 12.9. The molecule has 0 fully saturated rings. The smallest absolute Gasteiger partial charge is 0.323 e. The van der Waals surface area contributed by atoms with Crippen LogP contribution < -0.4 is 21.3 Å². The van der Waals surface area contributed by atoms with E-state index in [1.807, 2.05) is 0 Å². The van der Waals surface area contributed by atoms with Crippen molar-refractivity contribution in [3.63, 3.8) is 0 Å². The highest BCUT2D eigenvalue weighted by atomic mass is 32.2. The van der Waals surface area contributed by atoms with Crippen molar-refractivity contribution >= 4 is 82.4 Å². The number of benzene rings is 6. The summed E-state index contributed by atoms with van der Waals surface area (Å²) in [5, 5.41) is 13.5. The van der Waals surface area contributed by atoms with E-state index in [0.717, 1.165) is 35.0 Å². The first-order chi connectivity index (χ1) is 23.7. The molecule has 15 heteroatoms. The molecule has 0 bridgehead atoms. The first-order valence-electron chi connectivity index (χ1n) is 14.6. The summed E-state index contributed by atoms with van der Waals surface area (Å²) in [6.07, 6.45) is 0. The second-order valence-corrected chi connectivity index (χ2v) is 13.8. The highest BCUT2D eigenvalue weighted by Gasteiger charge is 2.12. The number of anilines is 4. The summed E-state index contributed by atoms with van der Waals surface area (Å²) in [7, 11) is -9.39. The Hall–Kier alpha value is -6.13. The Balaban J connectivity index is 1.13. The summed E-state index contributed by atoms with van der Waals surface area (Å²) in [4.78, 5) is 37.8. The minimum absolute atomic E-state index is 0.134. The first-order valence-corrected chi connectivity index (χ1v) is 17.4. The second-order valence-electron chi connectivity index (χ2n) is 11.0. The van der Waals surface area contributed by atoms with E-state index in [2.05, 4.69) is 21.3 Å². The van der Waals surface area contributed by atoms with E-state index in [4.69, 9.17) is 0 Å². The maximum atomic E-state index is 12.9. The number of fused-ring (bicyclic) bond motifs is 2. The van der Waals surface area contributed by atoms with Gasteiger partial charge in [0.05, 0.1) is 9.79 Å². The summed E-state index contributed by atoms with van der Waals surface area (Å²) < 4.78 is 68.0. The van der Waals surface area contributed by atoms with Gasteiger partial charge in [0.2, 0.25) is 0 Å². The SMILES string of the molecule is O=C(Nc1ccc2ccc(C(=O)Nc3cccc(S(=O)(=O)[O-])c3)cc2c1)Nc1ccc2ccc(C(=O)Nc3cccc(S(=O)(=O)[O-])c3)cc2c1. The van der Waals surface area contributed by atoms with E-state index in [1.54, 1.807) is 72.8 Å². The average Bonchev–Trinajstić information content (AvgIpc) is 3.07. The number of carbonyl (C=O) groups excluding carboxylic acids is 3. The van der Waals surface area contributed by atoms with Gasteiger partial charge in [-0.25, -0.2) is 21.6 Å². The van der Waals surface area contributed by atoms with E-state index in [9.17, 15) is 40.3 Å². The van der Waals surface area contributed by atoms with Crippen LogP contribution in [0, 0.1) is 0 Å². The third kappa shape index (κ3) is 7.94. The number of hydrogen-bond donors (Lipinski definition) is 4. The van der Waals surface area contributed by atoms with Crippen molar-refractivity contribution in [1.82, 2.24) is 0 Å². The molecule has 0 saturated heterocycles. The van der Waals surface area contributed by atoms with E-state index in [1.165, 1.54) is 24.3 Å². The summed E-state index contributed by atoms with van der Waals surface area (Å²) in [6, 6.07) is 29.5. The number of urea groups is 1. The molecule has 0 atom stereocenters. The molecule has 4 amide bonds. The van der Waals surface area contributed by atoms with Gasteiger partial charge in [-0.05, 0) is 106 Å². The molecule has 0 radical (unpaired) electrons. The van der Waals surface area contributed by atoms with Gasteiger partial charge in [-0.15, -0.1) is 0 Å². The molecule has 252 valence electrons. The third-order valence-corrected chi connectivity index (χ3v) is 9.14. The molecule has 13 nitrogen and oxygen atoms in total. The van der Waals surface area contributed by atoms with Gasteiger partial charge < -0.3 is 30.4 Å². The van der Waals surface area contributed by atoms with Crippen molar-refractivity contribution in [2.75, 3.05) is 21.3 Å². The lowest BCUT2D eigenvalue weighted by atomic mass is 10.1. The number of rotatable bonds is 8. The van der Waals surface area contributed by atoms with Crippen molar-refractivity contribution in [3.05, 3.63) is 132 Å². The molecular weight excluding hydrogens is 685 g/mol. The van der Waals surface area contributed by atoms with Gasteiger partial charge in [-0.1, -0.05) is 36.4 Å². The molecule has 0 aromatic heterocycles.